The zero-order chi connectivity index (χ0) is 14.8. The molecule has 1 fully saturated rings. The number of carbonyl (C=O) groups excluding carboxylic acids is 1. The maximum Gasteiger partial charge on any atom is 0.337 e. The fourth-order valence-corrected chi connectivity index (χ4v) is 3.76. The van der Waals surface area contributed by atoms with Gasteiger partial charge in [-0.3, -0.25) is 0 Å². The lowest BCUT2D eigenvalue weighted by Gasteiger charge is -2.15. The molecule has 1 atom stereocenters. The van der Waals surface area contributed by atoms with E-state index in [4.69, 9.17) is 5.73 Å². The van der Waals surface area contributed by atoms with Crippen LogP contribution in [-0.2, 0) is 20.5 Å². The highest BCUT2D eigenvalue weighted by molar-refractivity contribution is 7.88. The summed E-state index contributed by atoms with van der Waals surface area (Å²) in [5.74, 6) is -0.522. The number of nitrogens with two attached hydrogens (primary N) is 1. The summed E-state index contributed by atoms with van der Waals surface area (Å²) in [4.78, 5) is 11.3. The number of esters is 1. The molecule has 0 saturated carbocycles. The van der Waals surface area contributed by atoms with Crippen LogP contribution in [-0.4, -0.2) is 44.9 Å². The molecule has 0 unspecified atom stereocenters. The van der Waals surface area contributed by atoms with Crippen molar-refractivity contribution in [2.45, 2.75) is 18.2 Å². The third kappa shape index (κ3) is 3.36. The highest BCUT2D eigenvalue weighted by Crippen LogP contribution is 2.17. The zero-order valence-electron chi connectivity index (χ0n) is 11.3. The van der Waals surface area contributed by atoms with Gasteiger partial charge in [0.25, 0.3) is 0 Å². The van der Waals surface area contributed by atoms with E-state index < -0.39 is 16.0 Å². The number of rotatable bonds is 4. The number of sulfonamides is 1. The molecule has 0 bridgehead atoms. The minimum atomic E-state index is -3.35. The Labute approximate surface area is 118 Å². The van der Waals surface area contributed by atoms with Gasteiger partial charge < -0.3 is 10.5 Å². The Morgan fingerprint density at radius 3 is 2.55 bits per heavy atom. The third-order valence-electron chi connectivity index (χ3n) is 3.30. The molecule has 0 aliphatic carbocycles. The van der Waals surface area contributed by atoms with Crippen molar-refractivity contribution in [1.82, 2.24) is 4.31 Å². The summed E-state index contributed by atoms with van der Waals surface area (Å²) in [6.45, 7) is 0.853. The standard InChI is InChI=1S/C13H18N2O4S/c1-19-13(16)11-4-2-10(3-5-11)9-20(17,18)15-7-6-12(14)8-15/h2-5,12H,6-9,14H2,1H3/t12-/m0/s1. The fourth-order valence-electron chi connectivity index (χ4n) is 2.16. The number of methoxy groups -OCH3 is 1. The molecule has 0 aromatic heterocycles. The summed E-state index contributed by atoms with van der Waals surface area (Å²) < 4.78 is 30.4. The van der Waals surface area contributed by atoms with Crippen LogP contribution >= 0.6 is 0 Å². The van der Waals surface area contributed by atoms with Gasteiger partial charge in [0.1, 0.15) is 0 Å². The molecule has 0 spiro atoms. The number of benzene rings is 1. The van der Waals surface area contributed by atoms with Crippen molar-refractivity contribution in [2.75, 3.05) is 20.2 Å². The molecule has 2 rings (SSSR count). The first-order valence-electron chi connectivity index (χ1n) is 6.33. The second kappa shape index (κ2) is 5.90. The maximum absolute atomic E-state index is 12.2. The summed E-state index contributed by atoms with van der Waals surface area (Å²) in [5, 5.41) is 0. The number of carbonyl (C=O) groups is 1. The molecule has 1 aromatic rings. The quantitative estimate of drug-likeness (QED) is 0.809. The van der Waals surface area contributed by atoms with Crippen LogP contribution in [0.3, 0.4) is 0 Å². The predicted octanol–water partition coefficient (Wildman–Crippen LogP) is 0.336. The van der Waals surface area contributed by atoms with E-state index in [1.165, 1.54) is 11.4 Å². The van der Waals surface area contributed by atoms with E-state index in [1.54, 1.807) is 24.3 Å². The van der Waals surface area contributed by atoms with Gasteiger partial charge in [-0.25, -0.2) is 17.5 Å². The normalized spacial score (nSPS) is 20.0. The van der Waals surface area contributed by atoms with Crippen molar-refractivity contribution in [3.8, 4) is 0 Å². The molecule has 1 heterocycles. The molecule has 7 heteroatoms. The van der Waals surface area contributed by atoms with Crippen LogP contribution in [0.4, 0.5) is 0 Å². The van der Waals surface area contributed by atoms with Gasteiger partial charge in [-0.1, -0.05) is 12.1 Å². The fraction of sp³-hybridized carbons (Fsp3) is 0.462. The van der Waals surface area contributed by atoms with Crippen LogP contribution in [0.25, 0.3) is 0 Å². The number of hydrogen-bond donors (Lipinski definition) is 1. The van der Waals surface area contributed by atoms with Crippen molar-refractivity contribution in [2.24, 2.45) is 5.73 Å². The van der Waals surface area contributed by atoms with E-state index in [2.05, 4.69) is 4.74 Å². The van der Waals surface area contributed by atoms with Gasteiger partial charge in [-0.05, 0) is 24.1 Å². The molecule has 0 radical (unpaired) electrons. The number of nitrogens with zero attached hydrogens (tertiary/aromatic N) is 1. The average molecular weight is 298 g/mol. The molecule has 1 aliphatic rings. The smallest absolute Gasteiger partial charge is 0.337 e. The first kappa shape index (κ1) is 15.0. The Balaban J connectivity index is 2.08. The Morgan fingerprint density at radius 2 is 2.05 bits per heavy atom. The van der Waals surface area contributed by atoms with Gasteiger partial charge >= 0.3 is 5.97 Å². The van der Waals surface area contributed by atoms with Crippen molar-refractivity contribution in [3.63, 3.8) is 0 Å². The van der Waals surface area contributed by atoms with Crippen molar-refractivity contribution < 1.29 is 17.9 Å². The van der Waals surface area contributed by atoms with Crippen LogP contribution < -0.4 is 5.73 Å². The van der Waals surface area contributed by atoms with Crippen molar-refractivity contribution in [3.05, 3.63) is 35.4 Å². The Morgan fingerprint density at radius 1 is 1.40 bits per heavy atom. The van der Waals surface area contributed by atoms with Gasteiger partial charge in [0.2, 0.25) is 10.0 Å². The van der Waals surface area contributed by atoms with Crippen LogP contribution in [0, 0.1) is 0 Å². The third-order valence-corrected chi connectivity index (χ3v) is 5.12. The molecule has 0 amide bonds. The second-order valence-electron chi connectivity index (χ2n) is 4.85. The van der Waals surface area contributed by atoms with Crippen molar-refractivity contribution in [1.29, 1.82) is 0 Å². The maximum atomic E-state index is 12.2. The lowest BCUT2D eigenvalue weighted by Crippen LogP contribution is -2.32. The number of hydrogen-bond acceptors (Lipinski definition) is 5. The Kier molecular flexibility index (Phi) is 4.42. The molecule has 2 N–H and O–H groups in total. The van der Waals surface area contributed by atoms with E-state index in [-0.39, 0.29) is 11.8 Å². The SMILES string of the molecule is COC(=O)c1ccc(CS(=O)(=O)N2CC[C@H](N)C2)cc1. The van der Waals surface area contributed by atoms with E-state index in [0.717, 1.165) is 0 Å². The van der Waals surface area contributed by atoms with Crippen LogP contribution in [0.2, 0.25) is 0 Å². The van der Waals surface area contributed by atoms with Gasteiger partial charge in [-0.15, -0.1) is 0 Å². The first-order chi connectivity index (χ1) is 9.42. The van der Waals surface area contributed by atoms with E-state index in [0.29, 0.717) is 30.6 Å². The van der Waals surface area contributed by atoms with E-state index in [1.807, 2.05) is 0 Å². The van der Waals surface area contributed by atoms with Crippen LogP contribution in [0.5, 0.6) is 0 Å². The lowest BCUT2D eigenvalue weighted by molar-refractivity contribution is 0.0600. The summed E-state index contributed by atoms with van der Waals surface area (Å²) in [7, 11) is -2.04. The minimum absolute atomic E-state index is 0.0773. The highest BCUT2D eigenvalue weighted by atomic mass is 32.2. The lowest BCUT2D eigenvalue weighted by atomic mass is 10.1. The van der Waals surface area contributed by atoms with Gasteiger partial charge in [-0.2, -0.15) is 0 Å². The average Bonchev–Trinajstić information content (AvgIpc) is 2.86. The molecule has 6 nitrogen and oxygen atoms in total. The molecule has 1 saturated heterocycles. The van der Waals surface area contributed by atoms with Gasteiger partial charge in [0.15, 0.2) is 0 Å². The van der Waals surface area contributed by atoms with Crippen LogP contribution in [0.15, 0.2) is 24.3 Å². The summed E-state index contributed by atoms with van der Waals surface area (Å²) in [6.07, 6.45) is 0.695. The predicted molar refractivity (Wildman–Crippen MR) is 74.6 cm³/mol. The Bertz CT molecular complexity index is 583. The monoisotopic (exact) mass is 298 g/mol. The summed E-state index contributed by atoms with van der Waals surface area (Å²) in [6, 6.07) is 6.30. The molecule has 1 aliphatic heterocycles. The zero-order valence-corrected chi connectivity index (χ0v) is 12.1. The number of ether oxygens (including phenoxy) is 1. The van der Waals surface area contributed by atoms with Crippen LogP contribution in [0.1, 0.15) is 22.3 Å². The summed E-state index contributed by atoms with van der Waals surface area (Å²) >= 11 is 0. The van der Waals surface area contributed by atoms with Gasteiger partial charge in [0.05, 0.1) is 18.4 Å². The molecular weight excluding hydrogens is 280 g/mol. The van der Waals surface area contributed by atoms with Crippen molar-refractivity contribution >= 4 is 16.0 Å². The molecule has 110 valence electrons. The Hall–Kier alpha value is -1.44. The van der Waals surface area contributed by atoms with Gasteiger partial charge in [0, 0.05) is 19.1 Å². The van der Waals surface area contributed by atoms with E-state index in [9.17, 15) is 13.2 Å². The topological polar surface area (TPSA) is 89.7 Å². The molecule has 1 aromatic carbocycles. The highest BCUT2D eigenvalue weighted by Gasteiger charge is 2.29. The minimum Gasteiger partial charge on any atom is -0.465 e. The van der Waals surface area contributed by atoms with E-state index >= 15 is 0 Å². The first-order valence-corrected chi connectivity index (χ1v) is 7.94. The molecular formula is C13H18N2O4S. The molecule has 20 heavy (non-hydrogen) atoms. The second-order valence-corrected chi connectivity index (χ2v) is 6.82. The largest absolute Gasteiger partial charge is 0.465 e. The summed E-state index contributed by atoms with van der Waals surface area (Å²) in [5.41, 5.74) is 6.76.